The third-order valence-electron chi connectivity index (χ3n) is 5.96. The van der Waals surface area contributed by atoms with Gasteiger partial charge in [-0.05, 0) is 0 Å². The van der Waals surface area contributed by atoms with E-state index in [-0.39, 0.29) is 0 Å². The Hall–Kier alpha value is -2.84. The quantitative estimate of drug-likeness (QED) is 0.391. The van der Waals surface area contributed by atoms with Crippen LogP contribution in [0.4, 0.5) is 0 Å². The predicted molar refractivity (Wildman–Crippen MR) is 123 cm³/mol. The predicted octanol–water partition coefficient (Wildman–Crippen LogP) is 5.39. The zero-order valence-corrected chi connectivity index (χ0v) is 18.1. The van der Waals surface area contributed by atoms with Crippen LogP contribution in [0.5, 0.6) is 0 Å². The molecule has 1 atom stereocenters. The van der Waals surface area contributed by atoms with Crippen molar-refractivity contribution in [2.45, 2.75) is 5.76 Å². The molecule has 0 spiro atoms. The molecule has 1 aliphatic heterocycles. The number of fused-ring (bicyclic) bond motifs is 1. The van der Waals surface area contributed by atoms with E-state index >= 15 is 0 Å². The van der Waals surface area contributed by atoms with Crippen LogP contribution in [0.15, 0.2) is 115 Å². The van der Waals surface area contributed by atoms with Crippen LogP contribution in [0, 0.1) is 0 Å². The number of benzene rings is 4. The van der Waals surface area contributed by atoms with Gasteiger partial charge in [0.2, 0.25) is 0 Å². The van der Waals surface area contributed by atoms with Crippen molar-refractivity contribution in [3.8, 4) is 0 Å². The van der Waals surface area contributed by atoms with E-state index < -0.39 is 13.3 Å². The molecule has 4 aromatic carbocycles. The van der Waals surface area contributed by atoms with Gasteiger partial charge in [0.25, 0.3) is 0 Å². The van der Waals surface area contributed by atoms with Gasteiger partial charge in [0.1, 0.15) is 0 Å². The zero-order valence-electron chi connectivity index (χ0n) is 16.0. The second-order valence-electron chi connectivity index (χ2n) is 7.52. The monoisotopic (exact) mass is 420 g/mol. The summed E-state index contributed by atoms with van der Waals surface area (Å²) in [6, 6.07) is 42.2. The molecule has 0 N–H and O–H groups in total. The van der Waals surface area contributed by atoms with Crippen LogP contribution in [0.25, 0.3) is 9.98 Å². The number of rotatable bonds is 3. The van der Waals surface area contributed by atoms with Crippen LogP contribution in [-0.4, -0.2) is 13.3 Å². The molecule has 5 rings (SSSR count). The van der Waals surface area contributed by atoms with Gasteiger partial charge in [-0.2, -0.15) is 0 Å². The maximum absolute atomic E-state index is 2.79. The molecule has 1 aliphatic rings. The van der Waals surface area contributed by atoms with Gasteiger partial charge in [0.05, 0.1) is 0 Å². The summed E-state index contributed by atoms with van der Waals surface area (Å²) >= 11 is -2.79. The second kappa shape index (κ2) is 6.96. The first-order valence-corrected chi connectivity index (χ1v) is 15.1. The third kappa shape index (κ3) is 2.60. The Morgan fingerprint density at radius 3 is 1.64 bits per heavy atom. The molecule has 0 fully saturated rings. The molecule has 4 aromatic rings. The zero-order chi connectivity index (χ0) is 19.0. The van der Waals surface area contributed by atoms with Gasteiger partial charge < -0.3 is 0 Å². The molecule has 1 heterocycles. The molecule has 0 aromatic heterocycles. The first-order valence-electron chi connectivity index (χ1n) is 9.81. The molecule has 0 amide bonds. The van der Waals surface area contributed by atoms with Crippen LogP contribution in [0.2, 0.25) is 5.76 Å². The minimum absolute atomic E-state index is 1.32. The molecule has 0 radical (unpaired) electrons. The Balaban J connectivity index is 1.92. The molecular formula is C27H22Ge. The van der Waals surface area contributed by atoms with Gasteiger partial charge in [-0.3, -0.25) is 0 Å². The first kappa shape index (κ1) is 17.3. The van der Waals surface area contributed by atoms with Crippen LogP contribution in [-0.2, 0) is 0 Å². The first-order chi connectivity index (χ1) is 13.8. The normalized spacial score (nSPS) is 18.2. The molecule has 1 heteroatoms. The van der Waals surface area contributed by atoms with Crippen molar-refractivity contribution in [1.82, 2.24) is 0 Å². The summed E-state index contributed by atoms with van der Waals surface area (Å²) in [5.41, 5.74) is 5.52. The van der Waals surface area contributed by atoms with Crippen LogP contribution < -0.4 is 8.79 Å². The minimum atomic E-state index is -2.79. The van der Waals surface area contributed by atoms with Gasteiger partial charge in [0, 0.05) is 0 Å². The number of hydrogen-bond acceptors (Lipinski definition) is 0. The Bertz CT molecular complexity index is 1140. The number of hydrogen-bond donors (Lipinski definition) is 0. The average molecular weight is 419 g/mol. The third-order valence-corrected chi connectivity index (χ3v) is 15.5. The summed E-state index contributed by atoms with van der Waals surface area (Å²) in [6.45, 7) is 0. The summed E-state index contributed by atoms with van der Waals surface area (Å²) in [4.78, 5) is 0. The van der Waals surface area contributed by atoms with Crippen molar-refractivity contribution in [3.05, 3.63) is 132 Å². The van der Waals surface area contributed by atoms with E-state index in [0.29, 0.717) is 0 Å². The summed E-state index contributed by atoms with van der Waals surface area (Å²) in [7, 11) is 0. The van der Waals surface area contributed by atoms with Crippen LogP contribution in [0.3, 0.4) is 0 Å². The molecule has 0 saturated carbocycles. The van der Waals surface area contributed by atoms with Gasteiger partial charge in [0.15, 0.2) is 0 Å². The van der Waals surface area contributed by atoms with Gasteiger partial charge in [-0.25, -0.2) is 0 Å². The fourth-order valence-corrected chi connectivity index (χ4v) is 14.0. The van der Waals surface area contributed by atoms with E-state index in [4.69, 9.17) is 0 Å². The van der Waals surface area contributed by atoms with Gasteiger partial charge in [-0.1, -0.05) is 0 Å². The fraction of sp³-hybridized carbons (Fsp3) is 0.0370. The molecule has 0 saturated heterocycles. The second-order valence-corrected chi connectivity index (χ2v) is 15.6. The van der Waals surface area contributed by atoms with Crippen molar-refractivity contribution in [2.75, 3.05) is 0 Å². The summed E-state index contributed by atoms with van der Waals surface area (Å²) in [6.07, 6.45) is 0. The SMILES string of the molecule is [CH3][Ge]1([c]2ccccc2)[C](c2ccccc2)=C(c2ccccc2)c2cccc[c]21. The van der Waals surface area contributed by atoms with Crippen LogP contribution in [0.1, 0.15) is 16.7 Å². The van der Waals surface area contributed by atoms with Crippen molar-refractivity contribution in [2.24, 2.45) is 0 Å². The fourth-order valence-electron chi connectivity index (χ4n) is 4.67. The average Bonchev–Trinajstić information content (AvgIpc) is 3.06. The molecule has 1 unspecified atom stereocenters. The van der Waals surface area contributed by atoms with E-state index in [1.165, 1.54) is 26.7 Å². The summed E-state index contributed by atoms with van der Waals surface area (Å²) < 4.78 is 4.64. The van der Waals surface area contributed by atoms with Gasteiger partial charge >= 0.3 is 170 Å². The molecule has 28 heavy (non-hydrogen) atoms. The van der Waals surface area contributed by atoms with E-state index in [1.54, 1.807) is 8.80 Å². The van der Waals surface area contributed by atoms with E-state index in [9.17, 15) is 0 Å². The van der Waals surface area contributed by atoms with E-state index in [0.717, 1.165) is 0 Å². The molecular weight excluding hydrogens is 397 g/mol. The molecule has 0 bridgehead atoms. The Kier molecular flexibility index (Phi) is 4.29. The van der Waals surface area contributed by atoms with E-state index in [2.05, 4.69) is 121 Å². The Labute approximate surface area is 169 Å². The van der Waals surface area contributed by atoms with E-state index in [1.807, 2.05) is 0 Å². The standard InChI is InChI=1S/C27H22Ge/c1-28(23-17-9-4-10-18-23)25-20-12-11-19-24(25)26(21-13-5-2-6-14-21)27(28)22-15-7-3-8-16-22/h2-20H,1H3. The van der Waals surface area contributed by atoms with Crippen molar-refractivity contribution in [3.63, 3.8) is 0 Å². The Morgan fingerprint density at radius 1 is 0.500 bits per heavy atom. The van der Waals surface area contributed by atoms with Crippen molar-refractivity contribution >= 4 is 32.0 Å². The van der Waals surface area contributed by atoms with Crippen LogP contribution >= 0.6 is 0 Å². The van der Waals surface area contributed by atoms with Gasteiger partial charge in [-0.15, -0.1) is 0 Å². The molecule has 134 valence electrons. The molecule has 0 nitrogen and oxygen atoms in total. The maximum atomic E-state index is 2.56. The molecule has 0 aliphatic carbocycles. The topological polar surface area (TPSA) is 0 Å². The summed E-state index contributed by atoms with van der Waals surface area (Å²) in [5.74, 6) is 2.56. The summed E-state index contributed by atoms with van der Waals surface area (Å²) in [5, 5.41) is 0. The van der Waals surface area contributed by atoms with Crippen molar-refractivity contribution < 1.29 is 0 Å². The van der Waals surface area contributed by atoms with Crippen molar-refractivity contribution in [1.29, 1.82) is 0 Å². The Morgan fingerprint density at radius 2 is 1.00 bits per heavy atom.